The van der Waals surface area contributed by atoms with E-state index in [9.17, 15) is 20.1 Å². The van der Waals surface area contributed by atoms with Crippen molar-refractivity contribution in [1.82, 2.24) is 10.6 Å². The van der Waals surface area contributed by atoms with E-state index in [2.05, 4.69) is 15.4 Å². The SMILES string of the molecule is CNC(CCCCNCC1(O)OCC(C)C(O)C1O)C(=O)OC. The van der Waals surface area contributed by atoms with Crippen LogP contribution in [0.1, 0.15) is 26.2 Å². The Kier molecular flexibility index (Phi) is 8.38. The van der Waals surface area contributed by atoms with E-state index < -0.39 is 18.0 Å². The molecule has 5 atom stereocenters. The van der Waals surface area contributed by atoms with Crippen molar-refractivity contribution in [2.75, 3.05) is 33.9 Å². The normalized spacial score (nSPS) is 32.5. The van der Waals surface area contributed by atoms with Gasteiger partial charge in [-0.25, -0.2) is 0 Å². The largest absolute Gasteiger partial charge is 0.468 e. The van der Waals surface area contributed by atoms with Crippen molar-refractivity contribution in [3.8, 4) is 0 Å². The van der Waals surface area contributed by atoms with Gasteiger partial charge in [0.05, 0.1) is 26.4 Å². The minimum atomic E-state index is -1.77. The van der Waals surface area contributed by atoms with E-state index >= 15 is 0 Å². The molecule has 5 N–H and O–H groups in total. The zero-order chi connectivity index (χ0) is 17.5. The molecule has 1 rings (SSSR count). The van der Waals surface area contributed by atoms with Gasteiger partial charge in [-0.1, -0.05) is 13.3 Å². The highest BCUT2D eigenvalue weighted by Crippen LogP contribution is 2.26. The third-order valence-corrected chi connectivity index (χ3v) is 4.27. The van der Waals surface area contributed by atoms with Crippen LogP contribution in [0, 0.1) is 5.92 Å². The number of likely N-dealkylation sites (N-methyl/N-ethyl adjacent to an activating group) is 1. The third-order valence-electron chi connectivity index (χ3n) is 4.27. The summed E-state index contributed by atoms with van der Waals surface area (Å²) in [5.41, 5.74) is 0. The highest BCUT2D eigenvalue weighted by Gasteiger charge is 2.47. The lowest BCUT2D eigenvalue weighted by atomic mass is 9.91. The maximum Gasteiger partial charge on any atom is 0.322 e. The fourth-order valence-corrected chi connectivity index (χ4v) is 2.58. The molecule has 1 aliphatic rings. The fraction of sp³-hybridized carbons (Fsp3) is 0.933. The van der Waals surface area contributed by atoms with Crippen molar-refractivity contribution in [3.05, 3.63) is 0 Å². The molecule has 1 aliphatic heterocycles. The van der Waals surface area contributed by atoms with Gasteiger partial charge in [0.1, 0.15) is 12.1 Å². The molecular formula is C15H30N2O6. The van der Waals surface area contributed by atoms with E-state index in [-0.39, 0.29) is 31.1 Å². The van der Waals surface area contributed by atoms with Gasteiger partial charge in [0.25, 0.3) is 0 Å². The van der Waals surface area contributed by atoms with Gasteiger partial charge in [-0.3, -0.25) is 4.79 Å². The molecule has 1 saturated heterocycles. The highest BCUT2D eigenvalue weighted by molar-refractivity contribution is 5.75. The summed E-state index contributed by atoms with van der Waals surface area (Å²) in [4.78, 5) is 11.4. The van der Waals surface area contributed by atoms with E-state index in [1.165, 1.54) is 7.11 Å². The first-order chi connectivity index (χ1) is 10.9. The van der Waals surface area contributed by atoms with Gasteiger partial charge >= 0.3 is 5.97 Å². The Bertz CT molecular complexity index is 370. The zero-order valence-corrected chi connectivity index (χ0v) is 14.1. The van der Waals surface area contributed by atoms with Crippen molar-refractivity contribution < 1.29 is 29.6 Å². The topological polar surface area (TPSA) is 120 Å². The van der Waals surface area contributed by atoms with Crippen molar-refractivity contribution in [2.24, 2.45) is 5.92 Å². The molecule has 1 fully saturated rings. The maximum atomic E-state index is 11.4. The molecule has 0 aromatic rings. The first-order valence-corrected chi connectivity index (χ1v) is 8.04. The van der Waals surface area contributed by atoms with Gasteiger partial charge in [-0.05, 0) is 26.4 Å². The second-order valence-electron chi connectivity index (χ2n) is 6.11. The van der Waals surface area contributed by atoms with Gasteiger partial charge in [0.2, 0.25) is 5.79 Å². The van der Waals surface area contributed by atoms with E-state index in [4.69, 9.17) is 4.74 Å². The predicted octanol–water partition coefficient (Wildman–Crippen LogP) is -1.42. The van der Waals surface area contributed by atoms with Gasteiger partial charge in [0.15, 0.2) is 0 Å². The molecule has 8 heteroatoms. The van der Waals surface area contributed by atoms with Crippen LogP contribution >= 0.6 is 0 Å². The molecule has 23 heavy (non-hydrogen) atoms. The third kappa shape index (κ3) is 5.66. The lowest BCUT2D eigenvalue weighted by molar-refractivity contribution is -0.308. The van der Waals surface area contributed by atoms with Crippen LogP contribution < -0.4 is 10.6 Å². The second kappa shape index (κ2) is 9.51. The number of carbonyl (C=O) groups is 1. The number of aliphatic hydroxyl groups excluding tert-OH is 2. The lowest BCUT2D eigenvalue weighted by Crippen LogP contribution is -2.62. The number of hydrogen-bond donors (Lipinski definition) is 5. The van der Waals surface area contributed by atoms with Crippen molar-refractivity contribution in [1.29, 1.82) is 0 Å². The van der Waals surface area contributed by atoms with E-state index in [1.54, 1.807) is 14.0 Å². The summed E-state index contributed by atoms with van der Waals surface area (Å²) in [6.07, 6.45) is -0.0985. The maximum absolute atomic E-state index is 11.4. The zero-order valence-electron chi connectivity index (χ0n) is 14.1. The summed E-state index contributed by atoms with van der Waals surface area (Å²) < 4.78 is 9.97. The fourth-order valence-electron chi connectivity index (χ4n) is 2.58. The molecule has 0 aliphatic carbocycles. The monoisotopic (exact) mass is 334 g/mol. The molecular weight excluding hydrogens is 304 g/mol. The van der Waals surface area contributed by atoms with Crippen LogP contribution in [0.3, 0.4) is 0 Å². The van der Waals surface area contributed by atoms with Gasteiger partial charge in [0, 0.05) is 5.92 Å². The first kappa shape index (κ1) is 20.3. The molecule has 5 unspecified atom stereocenters. The van der Waals surface area contributed by atoms with E-state index in [1.807, 2.05) is 0 Å². The first-order valence-electron chi connectivity index (χ1n) is 8.04. The molecule has 0 bridgehead atoms. The van der Waals surface area contributed by atoms with Crippen molar-refractivity contribution >= 4 is 5.97 Å². The van der Waals surface area contributed by atoms with Crippen LogP contribution in [0.25, 0.3) is 0 Å². The quantitative estimate of drug-likeness (QED) is 0.257. The number of esters is 1. The summed E-state index contributed by atoms with van der Waals surface area (Å²) in [5, 5.41) is 35.9. The number of rotatable bonds is 9. The molecule has 0 aromatic carbocycles. The predicted molar refractivity (Wildman–Crippen MR) is 83.7 cm³/mol. The number of methoxy groups -OCH3 is 1. The molecule has 136 valence electrons. The van der Waals surface area contributed by atoms with Crippen molar-refractivity contribution in [2.45, 2.75) is 50.2 Å². The highest BCUT2D eigenvalue weighted by atomic mass is 16.6. The van der Waals surface area contributed by atoms with Crippen LogP contribution in [0.15, 0.2) is 0 Å². The number of hydrogen-bond acceptors (Lipinski definition) is 8. The van der Waals surface area contributed by atoms with Crippen LogP contribution in [0.5, 0.6) is 0 Å². The Hall–Kier alpha value is -0.770. The number of unbranched alkanes of at least 4 members (excludes halogenated alkanes) is 1. The average molecular weight is 334 g/mol. The van der Waals surface area contributed by atoms with E-state index in [0.29, 0.717) is 13.0 Å². The van der Waals surface area contributed by atoms with Crippen LogP contribution in [0.4, 0.5) is 0 Å². The molecule has 0 spiro atoms. The molecule has 0 saturated carbocycles. The van der Waals surface area contributed by atoms with Gasteiger partial charge in [-0.15, -0.1) is 0 Å². The molecule has 0 aromatic heterocycles. The standard InChI is InChI=1S/C15H30N2O6/c1-10-8-23-15(21,13(19)12(10)18)9-17-7-5-4-6-11(16-2)14(20)22-3/h10-13,16-19,21H,4-9H2,1-3H3. The minimum Gasteiger partial charge on any atom is -0.468 e. The van der Waals surface area contributed by atoms with Crippen LogP contribution in [0.2, 0.25) is 0 Å². The lowest BCUT2D eigenvalue weighted by Gasteiger charge is -2.42. The molecule has 8 nitrogen and oxygen atoms in total. The van der Waals surface area contributed by atoms with Gasteiger partial charge < -0.3 is 35.4 Å². The Balaban J connectivity index is 2.23. The summed E-state index contributed by atoms with van der Waals surface area (Å²) in [6.45, 7) is 2.58. The summed E-state index contributed by atoms with van der Waals surface area (Å²) in [5.74, 6) is -2.27. The summed E-state index contributed by atoms with van der Waals surface area (Å²) >= 11 is 0. The second-order valence-corrected chi connectivity index (χ2v) is 6.11. The minimum absolute atomic E-state index is 0.0321. The number of ether oxygens (including phenoxy) is 2. The Morgan fingerprint density at radius 1 is 1.43 bits per heavy atom. The van der Waals surface area contributed by atoms with Crippen LogP contribution in [-0.4, -0.2) is 79.2 Å². The molecule has 1 heterocycles. The van der Waals surface area contributed by atoms with Crippen molar-refractivity contribution in [3.63, 3.8) is 0 Å². The molecule has 0 radical (unpaired) electrons. The number of nitrogens with one attached hydrogen (secondary N) is 2. The van der Waals surface area contributed by atoms with Crippen LogP contribution in [-0.2, 0) is 14.3 Å². The Morgan fingerprint density at radius 2 is 2.13 bits per heavy atom. The Labute approximate surface area is 137 Å². The summed E-state index contributed by atoms with van der Waals surface area (Å²) in [7, 11) is 3.07. The average Bonchev–Trinajstić information content (AvgIpc) is 2.55. The Morgan fingerprint density at radius 3 is 2.74 bits per heavy atom. The number of carbonyl (C=O) groups excluding carboxylic acids is 1. The molecule has 0 amide bonds. The summed E-state index contributed by atoms with van der Waals surface area (Å²) in [6, 6.07) is -0.315. The van der Waals surface area contributed by atoms with E-state index in [0.717, 1.165) is 12.8 Å². The van der Waals surface area contributed by atoms with Gasteiger partial charge in [-0.2, -0.15) is 0 Å². The smallest absolute Gasteiger partial charge is 0.322 e. The number of aliphatic hydroxyl groups is 3.